The van der Waals surface area contributed by atoms with Gasteiger partial charge in [0.2, 0.25) is 0 Å². The summed E-state index contributed by atoms with van der Waals surface area (Å²) < 4.78 is 0. The minimum atomic E-state index is 0.734. The molecule has 0 spiro atoms. The van der Waals surface area contributed by atoms with E-state index in [4.69, 9.17) is 0 Å². The summed E-state index contributed by atoms with van der Waals surface area (Å²) in [5.41, 5.74) is 3.43. The van der Waals surface area contributed by atoms with Gasteiger partial charge in [-0.2, -0.15) is 0 Å². The molecular weight excluding hydrogens is 342 g/mol. The summed E-state index contributed by atoms with van der Waals surface area (Å²) in [5.74, 6) is 0.734. The molecule has 3 heteroatoms. The zero-order valence-electron chi connectivity index (χ0n) is 18.1. The van der Waals surface area contributed by atoms with E-state index in [1.54, 1.807) is 0 Å². The molecule has 0 aliphatic rings. The van der Waals surface area contributed by atoms with Gasteiger partial charge >= 0.3 is 0 Å². The van der Waals surface area contributed by atoms with Crippen molar-refractivity contribution >= 4 is 0 Å². The molecule has 0 aliphatic carbocycles. The molecule has 0 atom stereocenters. The van der Waals surface area contributed by atoms with Gasteiger partial charge in [0.1, 0.15) is 5.69 Å². The third-order valence-corrected chi connectivity index (χ3v) is 5.40. The van der Waals surface area contributed by atoms with Crippen molar-refractivity contribution < 1.29 is 0 Å². The van der Waals surface area contributed by atoms with Gasteiger partial charge in [-0.1, -0.05) is 84.1 Å². The van der Waals surface area contributed by atoms with Gasteiger partial charge in [0, 0.05) is 18.6 Å². The van der Waals surface area contributed by atoms with E-state index in [-0.39, 0.29) is 0 Å². The fraction of sp³-hybridized carbons (Fsp3) is 0.640. The van der Waals surface area contributed by atoms with Crippen LogP contribution >= 0.6 is 0 Å². The Hall–Kier alpha value is -1.77. The van der Waals surface area contributed by atoms with Crippen LogP contribution in [0.2, 0.25) is 0 Å². The fourth-order valence-electron chi connectivity index (χ4n) is 3.54. The number of nitrogens with zero attached hydrogens (tertiary/aromatic N) is 3. The van der Waals surface area contributed by atoms with Crippen LogP contribution in [0.1, 0.15) is 102 Å². The fourth-order valence-corrected chi connectivity index (χ4v) is 3.54. The highest BCUT2D eigenvalue weighted by molar-refractivity contribution is 5.48. The van der Waals surface area contributed by atoms with Gasteiger partial charge in [0.25, 0.3) is 0 Å². The summed E-state index contributed by atoms with van der Waals surface area (Å²) in [6, 6.07) is 4.24. The Balaban J connectivity index is 1.70. The van der Waals surface area contributed by atoms with Crippen LogP contribution in [0.25, 0.3) is 11.5 Å². The summed E-state index contributed by atoms with van der Waals surface area (Å²) in [7, 11) is 0. The third-order valence-electron chi connectivity index (χ3n) is 5.40. The van der Waals surface area contributed by atoms with Crippen molar-refractivity contribution in [2.75, 3.05) is 0 Å². The second-order valence-electron chi connectivity index (χ2n) is 8.00. The number of pyridine rings is 1. The minimum absolute atomic E-state index is 0.734. The van der Waals surface area contributed by atoms with Crippen LogP contribution in [-0.2, 0) is 12.8 Å². The van der Waals surface area contributed by atoms with Gasteiger partial charge in [-0.25, -0.2) is 9.97 Å². The normalized spacial score (nSPS) is 11.1. The number of aryl methyl sites for hydroxylation is 2. The first-order chi connectivity index (χ1) is 13.8. The molecule has 0 bridgehead atoms. The van der Waals surface area contributed by atoms with Gasteiger partial charge in [-0.15, -0.1) is 0 Å². The van der Waals surface area contributed by atoms with Crippen molar-refractivity contribution in [3.8, 4) is 11.5 Å². The van der Waals surface area contributed by atoms with E-state index < -0.39 is 0 Å². The molecule has 0 unspecified atom stereocenters. The van der Waals surface area contributed by atoms with E-state index in [1.807, 2.05) is 18.6 Å². The smallest absolute Gasteiger partial charge is 0.178 e. The number of hydrogen-bond acceptors (Lipinski definition) is 3. The van der Waals surface area contributed by atoms with Crippen LogP contribution in [0, 0.1) is 0 Å². The van der Waals surface area contributed by atoms with E-state index in [2.05, 4.69) is 40.9 Å². The molecule has 0 N–H and O–H groups in total. The lowest BCUT2D eigenvalue weighted by Crippen LogP contribution is -1.96. The van der Waals surface area contributed by atoms with E-state index in [1.165, 1.54) is 88.2 Å². The Kier molecular flexibility index (Phi) is 11.5. The van der Waals surface area contributed by atoms with Gasteiger partial charge in [-0.05, 0) is 42.9 Å². The van der Waals surface area contributed by atoms with Gasteiger partial charge < -0.3 is 0 Å². The maximum absolute atomic E-state index is 4.58. The van der Waals surface area contributed by atoms with Crippen molar-refractivity contribution in [2.24, 2.45) is 0 Å². The molecule has 154 valence electrons. The summed E-state index contributed by atoms with van der Waals surface area (Å²) in [6.07, 6.45) is 24.1. The number of aromatic nitrogens is 3. The monoisotopic (exact) mass is 381 g/mol. The van der Waals surface area contributed by atoms with Crippen molar-refractivity contribution in [1.29, 1.82) is 0 Å². The summed E-state index contributed by atoms with van der Waals surface area (Å²) in [4.78, 5) is 13.7. The van der Waals surface area contributed by atoms with Gasteiger partial charge in [0.05, 0.1) is 0 Å². The lowest BCUT2D eigenvalue weighted by Gasteiger charge is -2.05. The third kappa shape index (κ3) is 8.95. The standard InChI is InChI=1S/C25H39N3/c1-3-5-7-9-10-12-14-16-23-20-27-25(28-21-23)24-18-17-22(19-26-24)15-13-11-8-6-4-2/h17-21H,3-16H2,1-2H3. The van der Waals surface area contributed by atoms with E-state index in [0.717, 1.165) is 24.4 Å². The van der Waals surface area contributed by atoms with Crippen molar-refractivity contribution in [3.05, 3.63) is 41.9 Å². The zero-order valence-corrected chi connectivity index (χ0v) is 18.1. The van der Waals surface area contributed by atoms with Crippen LogP contribution < -0.4 is 0 Å². The molecular formula is C25H39N3. The molecule has 0 fully saturated rings. The summed E-state index contributed by atoms with van der Waals surface area (Å²) >= 11 is 0. The quantitative estimate of drug-likeness (QED) is 0.303. The lowest BCUT2D eigenvalue weighted by molar-refractivity contribution is 0.589. The SMILES string of the molecule is CCCCCCCCCc1cnc(-c2ccc(CCCCCCC)cn2)nc1. The molecule has 0 aromatic carbocycles. The van der Waals surface area contributed by atoms with Crippen LogP contribution in [0.3, 0.4) is 0 Å². The summed E-state index contributed by atoms with van der Waals surface area (Å²) in [5, 5.41) is 0. The first-order valence-electron chi connectivity index (χ1n) is 11.6. The molecule has 0 radical (unpaired) electrons. The van der Waals surface area contributed by atoms with Crippen LogP contribution in [0.4, 0.5) is 0 Å². The maximum atomic E-state index is 4.58. The van der Waals surface area contributed by atoms with Crippen LogP contribution in [0.15, 0.2) is 30.7 Å². The molecule has 0 saturated carbocycles. The molecule has 2 aromatic rings. The number of unbranched alkanes of at least 4 members (excludes halogenated alkanes) is 10. The first kappa shape index (κ1) is 22.5. The molecule has 0 amide bonds. The summed E-state index contributed by atoms with van der Waals surface area (Å²) in [6.45, 7) is 4.52. The van der Waals surface area contributed by atoms with Crippen molar-refractivity contribution in [1.82, 2.24) is 15.0 Å². The predicted molar refractivity (Wildman–Crippen MR) is 119 cm³/mol. The van der Waals surface area contributed by atoms with Crippen LogP contribution in [-0.4, -0.2) is 15.0 Å². The van der Waals surface area contributed by atoms with Crippen LogP contribution in [0.5, 0.6) is 0 Å². The number of hydrogen-bond donors (Lipinski definition) is 0. The molecule has 2 rings (SSSR count). The molecule has 0 saturated heterocycles. The minimum Gasteiger partial charge on any atom is -0.253 e. The molecule has 0 aliphatic heterocycles. The van der Waals surface area contributed by atoms with Crippen molar-refractivity contribution in [3.63, 3.8) is 0 Å². The number of rotatable bonds is 15. The molecule has 2 aromatic heterocycles. The molecule has 28 heavy (non-hydrogen) atoms. The topological polar surface area (TPSA) is 38.7 Å². The van der Waals surface area contributed by atoms with Crippen molar-refractivity contribution in [2.45, 2.75) is 104 Å². The highest BCUT2D eigenvalue weighted by atomic mass is 14.9. The highest BCUT2D eigenvalue weighted by Crippen LogP contribution is 2.15. The molecule has 3 nitrogen and oxygen atoms in total. The van der Waals surface area contributed by atoms with E-state index in [9.17, 15) is 0 Å². The average molecular weight is 382 g/mol. The highest BCUT2D eigenvalue weighted by Gasteiger charge is 2.04. The molecule has 2 heterocycles. The zero-order chi connectivity index (χ0) is 19.9. The Morgan fingerprint density at radius 2 is 1.04 bits per heavy atom. The average Bonchev–Trinajstić information content (AvgIpc) is 2.74. The second-order valence-corrected chi connectivity index (χ2v) is 8.00. The Morgan fingerprint density at radius 1 is 0.536 bits per heavy atom. The van der Waals surface area contributed by atoms with Gasteiger partial charge in [-0.3, -0.25) is 4.98 Å². The Labute approximate surface area is 172 Å². The lowest BCUT2D eigenvalue weighted by atomic mass is 10.1. The van der Waals surface area contributed by atoms with E-state index in [0.29, 0.717) is 0 Å². The predicted octanol–water partition coefficient (Wildman–Crippen LogP) is 7.34. The Bertz CT molecular complexity index is 619. The van der Waals surface area contributed by atoms with E-state index >= 15 is 0 Å². The Morgan fingerprint density at radius 3 is 1.57 bits per heavy atom. The van der Waals surface area contributed by atoms with Gasteiger partial charge in [0.15, 0.2) is 5.82 Å². The first-order valence-corrected chi connectivity index (χ1v) is 11.6. The maximum Gasteiger partial charge on any atom is 0.178 e. The second kappa shape index (κ2) is 14.3. The largest absolute Gasteiger partial charge is 0.253 e.